The van der Waals surface area contributed by atoms with Crippen molar-refractivity contribution in [3.05, 3.63) is 0 Å². The van der Waals surface area contributed by atoms with Crippen molar-refractivity contribution in [2.75, 3.05) is 25.6 Å². The highest BCUT2D eigenvalue weighted by Gasteiger charge is 2.02. The fraction of sp³-hybridized carbons (Fsp3) is 0.714. The van der Waals surface area contributed by atoms with Gasteiger partial charge in [-0.1, -0.05) is 0 Å². The average Bonchev–Trinajstić information content (AvgIpc) is 2.10. The second-order valence-electron chi connectivity index (χ2n) is 2.19. The fourth-order valence-electron chi connectivity index (χ4n) is 0.550. The number of likely N-dealkylation sites (N-methyl/N-ethyl adjacent to an activating group) is 1. The van der Waals surface area contributed by atoms with Crippen molar-refractivity contribution in [3.8, 4) is 0 Å². The van der Waals surface area contributed by atoms with Crippen molar-refractivity contribution < 1.29 is 9.59 Å². The molecule has 0 radical (unpaired) electrons. The molecule has 0 aromatic heterocycles. The first-order valence-corrected chi connectivity index (χ1v) is 5.06. The Bertz CT molecular complexity index is 161. The van der Waals surface area contributed by atoms with E-state index in [1.165, 1.54) is 7.05 Å². The summed E-state index contributed by atoms with van der Waals surface area (Å²) in [6.07, 6.45) is 2.41. The van der Waals surface area contributed by atoms with Crippen molar-refractivity contribution >= 4 is 23.6 Å². The molecule has 0 heterocycles. The van der Waals surface area contributed by atoms with Gasteiger partial charge in [-0.25, -0.2) is 0 Å². The number of thioether (sulfide) groups is 1. The molecule has 0 spiro atoms. The molecule has 5 heteroatoms. The Morgan fingerprint density at radius 3 is 2.50 bits per heavy atom. The summed E-state index contributed by atoms with van der Waals surface area (Å²) in [5.41, 5.74) is 0. The number of nitrogens with one attached hydrogen (secondary N) is 2. The van der Waals surface area contributed by atoms with Crippen LogP contribution in [0.3, 0.4) is 0 Å². The van der Waals surface area contributed by atoms with Gasteiger partial charge in [0.05, 0.1) is 6.54 Å². The summed E-state index contributed by atoms with van der Waals surface area (Å²) in [5, 5.41) is 4.92. The van der Waals surface area contributed by atoms with Gasteiger partial charge in [0.25, 0.3) is 0 Å². The molecule has 0 bridgehead atoms. The van der Waals surface area contributed by atoms with Gasteiger partial charge in [-0.15, -0.1) is 0 Å². The molecule has 0 atom stereocenters. The number of amides is 2. The van der Waals surface area contributed by atoms with E-state index in [0.717, 1.165) is 5.75 Å². The number of hydrogen-bond acceptors (Lipinski definition) is 3. The summed E-state index contributed by atoms with van der Waals surface area (Å²) in [5.74, 6) is 0.542. The summed E-state index contributed by atoms with van der Waals surface area (Å²) in [6.45, 7) is 0.0731. The van der Waals surface area contributed by atoms with Crippen molar-refractivity contribution in [1.29, 1.82) is 0 Å². The zero-order valence-corrected chi connectivity index (χ0v) is 8.16. The predicted octanol–water partition coefficient (Wildman–Crippen LogP) is -0.398. The Balaban J connectivity index is 3.37. The molecule has 0 saturated carbocycles. The quantitative estimate of drug-likeness (QED) is 0.620. The maximum atomic E-state index is 10.9. The SMILES string of the molecule is CNC(=O)CNC(=O)CCSC. The number of rotatable bonds is 5. The first-order valence-electron chi connectivity index (χ1n) is 3.67. The minimum atomic E-state index is -0.174. The van der Waals surface area contributed by atoms with E-state index in [0.29, 0.717) is 6.42 Å². The van der Waals surface area contributed by atoms with Crippen LogP contribution in [0.1, 0.15) is 6.42 Å². The zero-order valence-electron chi connectivity index (χ0n) is 7.35. The molecule has 0 aromatic carbocycles. The maximum absolute atomic E-state index is 10.9. The first kappa shape index (κ1) is 11.3. The Morgan fingerprint density at radius 1 is 1.33 bits per heavy atom. The summed E-state index contributed by atoms with van der Waals surface area (Å²) in [6, 6.07) is 0. The van der Waals surface area contributed by atoms with Crippen LogP contribution in [0.15, 0.2) is 0 Å². The largest absolute Gasteiger partial charge is 0.358 e. The number of carbonyl (C=O) groups excluding carboxylic acids is 2. The van der Waals surface area contributed by atoms with E-state index in [2.05, 4.69) is 10.6 Å². The Kier molecular flexibility index (Phi) is 6.55. The van der Waals surface area contributed by atoms with E-state index in [4.69, 9.17) is 0 Å². The lowest BCUT2D eigenvalue weighted by Crippen LogP contribution is -2.35. The number of hydrogen-bond donors (Lipinski definition) is 2. The molecule has 0 aliphatic rings. The molecule has 0 aliphatic carbocycles. The predicted molar refractivity (Wildman–Crippen MR) is 50.1 cm³/mol. The minimum Gasteiger partial charge on any atom is -0.358 e. The average molecular weight is 190 g/mol. The molecular formula is C7H14N2O2S. The molecule has 70 valence electrons. The van der Waals surface area contributed by atoms with E-state index < -0.39 is 0 Å². The molecule has 2 amide bonds. The molecule has 12 heavy (non-hydrogen) atoms. The molecule has 0 rings (SSSR count). The van der Waals surface area contributed by atoms with Gasteiger partial charge in [0.1, 0.15) is 0 Å². The monoisotopic (exact) mass is 190 g/mol. The lowest BCUT2D eigenvalue weighted by atomic mass is 10.4. The molecular weight excluding hydrogens is 176 g/mol. The van der Waals surface area contributed by atoms with Crippen LogP contribution in [0, 0.1) is 0 Å². The first-order chi connectivity index (χ1) is 5.70. The van der Waals surface area contributed by atoms with E-state index >= 15 is 0 Å². The normalized spacial score (nSPS) is 9.17. The highest BCUT2D eigenvalue weighted by molar-refractivity contribution is 7.98. The topological polar surface area (TPSA) is 58.2 Å². The van der Waals surface area contributed by atoms with Gasteiger partial charge in [0.15, 0.2) is 0 Å². The molecule has 2 N–H and O–H groups in total. The van der Waals surface area contributed by atoms with Gasteiger partial charge in [-0.2, -0.15) is 11.8 Å². The second kappa shape index (κ2) is 6.97. The van der Waals surface area contributed by atoms with Crippen molar-refractivity contribution in [1.82, 2.24) is 10.6 Å². The minimum absolute atomic E-state index is 0.0731. The van der Waals surface area contributed by atoms with Crippen LogP contribution in [0.5, 0.6) is 0 Å². The molecule has 0 fully saturated rings. The Hall–Kier alpha value is -0.710. The Labute approximate surface area is 76.5 Å². The van der Waals surface area contributed by atoms with Crippen LogP contribution in [-0.4, -0.2) is 37.4 Å². The number of carbonyl (C=O) groups is 2. The van der Waals surface area contributed by atoms with E-state index in [-0.39, 0.29) is 18.4 Å². The summed E-state index contributed by atoms with van der Waals surface area (Å²) in [7, 11) is 1.54. The van der Waals surface area contributed by atoms with Crippen molar-refractivity contribution in [2.45, 2.75) is 6.42 Å². The van der Waals surface area contributed by atoms with E-state index in [1.54, 1.807) is 11.8 Å². The molecule has 0 saturated heterocycles. The van der Waals surface area contributed by atoms with E-state index in [1.807, 2.05) is 6.26 Å². The second-order valence-corrected chi connectivity index (χ2v) is 3.18. The van der Waals surface area contributed by atoms with Gasteiger partial charge in [0.2, 0.25) is 11.8 Å². The van der Waals surface area contributed by atoms with Crippen LogP contribution in [0.25, 0.3) is 0 Å². The third kappa shape index (κ3) is 6.03. The molecule has 0 aliphatic heterocycles. The van der Waals surface area contributed by atoms with Crippen LogP contribution in [0.4, 0.5) is 0 Å². The van der Waals surface area contributed by atoms with E-state index in [9.17, 15) is 9.59 Å². The van der Waals surface area contributed by atoms with Crippen molar-refractivity contribution in [3.63, 3.8) is 0 Å². The highest BCUT2D eigenvalue weighted by Crippen LogP contribution is 1.94. The van der Waals surface area contributed by atoms with Gasteiger partial charge < -0.3 is 10.6 Å². The summed E-state index contributed by atoms with van der Waals surface area (Å²) < 4.78 is 0. The van der Waals surface area contributed by atoms with Crippen LogP contribution < -0.4 is 10.6 Å². The standard InChI is InChI=1S/C7H14N2O2S/c1-8-7(11)5-9-6(10)3-4-12-2/h3-5H2,1-2H3,(H,8,11)(H,9,10). The smallest absolute Gasteiger partial charge is 0.239 e. The highest BCUT2D eigenvalue weighted by atomic mass is 32.2. The lowest BCUT2D eigenvalue weighted by Gasteiger charge is -2.02. The lowest BCUT2D eigenvalue weighted by molar-refractivity contribution is -0.125. The summed E-state index contributed by atoms with van der Waals surface area (Å²) in [4.78, 5) is 21.6. The maximum Gasteiger partial charge on any atom is 0.239 e. The molecule has 0 unspecified atom stereocenters. The summed E-state index contributed by atoms with van der Waals surface area (Å²) >= 11 is 1.61. The van der Waals surface area contributed by atoms with Gasteiger partial charge >= 0.3 is 0 Å². The Morgan fingerprint density at radius 2 is 2.00 bits per heavy atom. The molecule has 0 aromatic rings. The zero-order chi connectivity index (χ0) is 9.40. The molecule has 4 nitrogen and oxygen atoms in total. The third-order valence-corrected chi connectivity index (χ3v) is 1.87. The van der Waals surface area contributed by atoms with Gasteiger partial charge in [0, 0.05) is 19.2 Å². The van der Waals surface area contributed by atoms with Gasteiger partial charge in [-0.05, 0) is 6.26 Å². The van der Waals surface area contributed by atoms with Crippen LogP contribution >= 0.6 is 11.8 Å². The van der Waals surface area contributed by atoms with Crippen LogP contribution in [-0.2, 0) is 9.59 Å². The fourth-order valence-corrected chi connectivity index (χ4v) is 0.940. The third-order valence-electron chi connectivity index (χ3n) is 1.26. The van der Waals surface area contributed by atoms with Crippen LogP contribution in [0.2, 0.25) is 0 Å². The van der Waals surface area contributed by atoms with Gasteiger partial charge in [-0.3, -0.25) is 9.59 Å². The van der Waals surface area contributed by atoms with Crippen molar-refractivity contribution in [2.24, 2.45) is 0 Å².